The van der Waals surface area contributed by atoms with Crippen LogP contribution in [0, 0.1) is 11.6 Å². The maximum Gasteiger partial charge on any atom is 0.128 e. The molecular weight excluding hydrogens is 246 g/mol. The van der Waals surface area contributed by atoms with E-state index in [1.165, 1.54) is 37.8 Å². The van der Waals surface area contributed by atoms with Crippen LogP contribution in [0.5, 0.6) is 0 Å². The summed E-state index contributed by atoms with van der Waals surface area (Å²) in [5, 5.41) is 0. The van der Waals surface area contributed by atoms with Crippen molar-refractivity contribution in [2.24, 2.45) is 5.73 Å². The van der Waals surface area contributed by atoms with Crippen molar-refractivity contribution in [3.63, 3.8) is 0 Å². The Bertz CT molecular complexity index is 469. The molecule has 2 aliphatic rings. The lowest BCUT2D eigenvalue weighted by Crippen LogP contribution is -2.33. The van der Waals surface area contributed by atoms with Crippen LogP contribution < -0.4 is 5.73 Å². The number of hydrogen-bond acceptors (Lipinski definition) is 2. The number of hydrogen-bond donors (Lipinski definition) is 1. The van der Waals surface area contributed by atoms with Gasteiger partial charge in [0.25, 0.3) is 0 Å². The predicted molar refractivity (Wildman–Crippen MR) is 70.5 cm³/mol. The van der Waals surface area contributed by atoms with Crippen molar-refractivity contribution in [3.8, 4) is 0 Å². The molecule has 1 atom stereocenters. The fourth-order valence-corrected chi connectivity index (χ4v) is 4.00. The van der Waals surface area contributed by atoms with E-state index in [0.29, 0.717) is 23.2 Å². The van der Waals surface area contributed by atoms with Gasteiger partial charge in [0.1, 0.15) is 11.6 Å². The molecule has 0 radical (unpaired) electrons. The van der Waals surface area contributed by atoms with Crippen LogP contribution in [0.2, 0.25) is 0 Å². The molecule has 0 saturated carbocycles. The molecule has 0 aromatic heterocycles. The third-order valence-electron chi connectivity index (χ3n) is 4.83. The Hall–Kier alpha value is -1.00. The van der Waals surface area contributed by atoms with Gasteiger partial charge in [-0.25, -0.2) is 8.78 Å². The largest absolute Gasteiger partial charge is 0.326 e. The highest BCUT2D eigenvalue weighted by atomic mass is 19.1. The molecule has 2 aliphatic heterocycles. The first-order valence-corrected chi connectivity index (χ1v) is 7.07. The van der Waals surface area contributed by atoms with Gasteiger partial charge in [0.05, 0.1) is 0 Å². The van der Waals surface area contributed by atoms with Crippen molar-refractivity contribution >= 4 is 0 Å². The van der Waals surface area contributed by atoms with Crippen LogP contribution in [0.1, 0.15) is 49.8 Å². The molecule has 4 heteroatoms. The minimum absolute atomic E-state index is 0.0481. The van der Waals surface area contributed by atoms with Crippen LogP contribution >= 0.6 is 0 Å². The molecule has 1 aromatic carbocycles. The van der Waals surface area contributed by atoms with Gasteiger partial charge >= 0.3 is 0 Å². The van der Waals surface area contributed by atoms with Crippen molar-refractivity contribution < 1.29 is 8.78 Å². The first-order valence-electron chi connectivity index (χ1n) is 7.07. The lowest BCUT2D eigenvalue weighted by molar-refractivity contribution is 0.184. The van der Waals surface area contributed by atoms with E-state index < -0.39 is 5.82 Å². The molecule has 19 heavy (non-hydrogen) atoms. The molecule has 104 valence electrons. The summed E-state index contributed by atoms with van der Waals surface area (Å²) in [6.07, 6.45) is 4.74. The van der Waals surface area contributed by atoms with Crippen LogP contribution in [0.4, 0.5) is 8.78 Å². The molecule has 0 aliphatic carbocycles. The molecule has 2 nitrogen and oxygen atoms in total. The molecule has 2 saturated heterocycles. The zero-order chi connectivity index (χ0) is 13.6. The van der Waals surface area contributed by atoms with Crippen molar-refractivity contribution in [2.45, 2.75) is 57.3 Å². The summed E-state index contributed by atoms with van der Waals surface area (Å²) in [4.78, 5) is 2.37. The average Bonchev–Trinajstić information content (AvgIpc) is 3.00. The van der Waals surface area contributed by atoms with Gasteiger partial charge in [-0.05, 0) is 44.7 Å². The summed E-state index contributed by atoms with van der Waals surface area (Å²) in [5.74, 6) is -0.724. The lowest BCUT2D eigenvalue weighted by Gasteiger charge is -2.31. The summed E-state index contributed by atoms with van der Waals surface area (Å²) in [6, 6.07) is 3.38. The van der Waals surface area contributed by atoms with E-state index in [9.17, 15) is 8.78 Å². The van der Waals surface area contributed by atoms with Gasteiger partial charge in [-0.2, -0.15) is 0 Å². The molecular formula is C15H20F2N2. The van der Waals surface area contributed by atoms with Gasteiger partial charge in [0.2, 0.25) is 0 Å². The predicted octanol–water partition coefficient (Wildman–Crippen LogP) is 3.11. The number of nitrogens with two attached hydrogens (primary N) is 1. The highest BCUT2D eigenvalue weighted by molar-refractivity contribution is 5.33. The molecule has 1 unspecified atom stereocenters. The van der Waals surface area contributed by atoms with Gasteiger partial charge < -0.3 is 5.73 Å². The number of benzene rings is 1. The Labute approximate surface area is 112 Å². The zero-order valence-corrected chi connectivity index (χ0v) is 11.2. The Morgan fingerprint density at radius 1 is 1.16 bits per heavy atom. The SMILES string of the molecule is CC(c1c(F)ccc(F)c1CN)N1C2CCC1CC2. The number of fused-ring (bicyclic) bond motifs is 2. The van der Waals surface area contributed by atoms with E-state index in [2.05, 4.69) is 4.90 Å². The van der Waals surface area contributed by atoms with Crippen LogP contribution in [0.25, 0.3) is 0 Å². The van der Waals surface area contributed by atoms with Crippen LogP contribution in [0.3, 0.4) is 0 Å². The Morgan fingerprint density at radius 3 is 2.21 bits per heavy atom. The average molecular weight is 266 g/mol. The van der Waals surface area contributed by atoms with Gasteiger partial charge in [-0.1, -0.05) is 0 Å². The third kappa shape index (κ3) is 1.98. The summed E-state index contributed by atoms with van der Waals surface area (Å²) in [6.45, 7) is 2.03. The first-order chi connectivity index (χ1) is 9.13. The quantitative estimate of drug-likeness (QED) is 0.910. The van der Waals surface area contributed by atoms with E-state index in [1.807, 2.05) is 6.92 Å². The highest BCUT2D eigenvalue weighted by Crippen LogP contribution is 2.44. The monoisotopic (exact) mass is 266 g/mol. The van der Waals surface area contributed by atoms with Crippen LogP contribution in [-0.2, 0) is 6.54 Å². The van der Waals surface area contributed by atoms with Crippen LogP contribution in [-0.4, -0.2) is 17.0 Å². The normalized spacial score (nSPS) is 28.0. The maximum absolute atomic E-state index is 14.1. The molecule has 2 heterocycles. The Kier molecular flexibility index (Phi) is 3.31. The van der Waals surface area contributed by atoms with Gasteiger partial charge in [0.15, 0.2) is 0 Å². The van der Waals surface area contributed by atoms with Crippen molar-refractivity contribution in [3.05, 3.63) is 34.9 Å². The number of nitrogens with zero attached hydrogens (tertiary/aromatic N) is 1. The van der Waals surface area contributed by atoms with E-state index in [4.69, 9.17) is 5.73 Å². The Balaban J connectivity index is 2.00. The summed E-state index contributed by atoms with van der Waals surface area (Å²) in [5.41, 5.74) is 6.41. The lowest BCUT2D eigenvalue weighted by atomic mass is 9.98. The molecule has 3 rings (SSSR count). The second-order valence-electron chi connectivity index (χ2n) is 5.71. The molecule has 2 fully saturated rings. The van der Waals surface area contributed by atoms with Crippen molar-refractivity contribution in [2.75, 3.05) is 0 Å². The maximum atomic E-state index is 14.1. The minimum atomic E-state index is -0.391. The molecule has 2 N–H and O–H groups in total. The second-order valence-corrected chi connectivity index (χ2v) is 5.71. The molecule has 2 bridgehead atoms. The summed E-state index contributed by atoms with van der Waals surface area (Å²) in [7, 11) is 0. The molecule has 0 amide bonds. The second kappa shape index (κ2) is 4.84. The zero-order valence-electron chi connectivity index (χ0n) is 11.2. The summed E-state index contributed by atoms with van der Waals surface area (Å²) < 4.78 is 28.0. The summed E-state index contributed by atoms with van der Waals surface area (Å²) >= 11 is 0. The fraction of sp³-hybridized carbons (Fsp3) is 0.600. The smallest absolute Gasteiger partial charge is 0.128 e. The van der Waals surface area contributed by atoms with Crippen molar-refractivity contribution in [1.29, 1.82) is 0 Å². The van der Waals surface area contributed by atoms with E-state index >= 15 is 0 Å². The molecule has 0 spiro atoms. The standard InChI is InChI=1S/C15H20F2N2/c1-9(19-10-2-3-11(19)5-4-10)15-12(8-18)13(16)6-7-14(15)17/h6-7,9-11H,2-5,8,18H2,1H3. The van der Waals surface area contributed by atoms with E-state index in [0.717, 1.165) is 0 Å². The van der Waals surface area contributed by atoms with E-state index in [1.54, 1.807) is 0 Å². The van der Waals surface area contributed by atoms with Gasteiger partial charge in [0, 0.05) is 35.8 Å². The highest BCUT2D eigenvalue weighted by Gasteiger charge is 2.43. The first kappa shape index (κ1) is 13.0. The number of rotatable bonds is 3. The van der Waals surface area contributed by atoms with Crippen LogP contribution in [0.15, 0.2) is 12.1 Å². The molecule has 1 aromatic rings. The Morgan fingerprint density at radius 2 is 1.68 bits per heavy atom. The minimum Gasteiger partial charge on any atom is -0.326 e. The fourth-order valence-electron chi connectivity index (χ4n) is 4.00. The van der Waals surface area contributed by atoms with E-state index in [-0.39, 0.29) is 18.4 Å². The van der Waals surface area contributed by atoms with Gasteiger partial charge in [-0.15, -0.1) is 0 Å². The number of halogens is 2. The van der Waals surface area contributed by atoms with Crippen molar-refractivity contribution in [1.82, 2.24) is 4.90 Å². The topological polar surface area (TPSA) is 29.3 Å². The third-order valence-corrected chi connectivity index (χ3v) is 4.83. The van der Waals surface area contributed by atoms with Gasteiger partial charge in [-0.3, -0.25) is 4.90 Å².